The van der Waals surface area contributed by atoms with Crippen LogP contribution >= 0.6 is 0 Å². The third-order valence-electron chi connectivity index (χ3n) is 11.8. The second-order valence-electron chi connectivity index (χ2n) is 16.8. The van der Waals surface area contributed by atoms with Crippen LogP contribution in [0.1, 0.15) is 77.3 Å². The second-order valence-corrected chi connectivity index (χ2v) is 16.8. The normalized spacial score (nSPS) is 12.0. The molecule has 0 saturated carbocycles. The quantitative estimate of drug-likeness (QED) is 0.150. The molecule has 61 heavy (non-hydrogen) atoms. The van der Waals surface area contributed by atoms with Gasteiger partial charge < -0.3 is 5.11 Å². The van der Waals surface area contributed by atoms with E-state index in [-0.39, 0.29) is 17.6 Å². The maximum Gasteiger partial charge on any atom is 0.149 e. The Bertz CT molecular complexity index is 3050. The molecule has 2 heterocycles. The van der Waals surface area contributed by atoms with Gasteiger partial charge in [0.05, 0.1) is 28.0 Å². The van der Waals surface area contributed by atoms with E-state index in [2.05, 4.69) is 184 Å². The molecule has 300 valence electrons. The van der Waals surface area contributed by atoms with E-state index in [0.717, 1.165) is 89.2 Å². The minimum atomic E-state index is -0.817. The summed E-state index contributed by atoms with van der Waals surface area (Å²) >= 11 is 0. The molecule has 9 rings (SSSR count). The Labute approximate surface area is 361 Å². The molecule has 0 atom stereocenters. The van der Waals surface area contributed by atoms with Gasteiger partial charge in [0.1, 0.15) is 11.6 Å². The molecule has 0 spiro atoms. The Hall–Kier alpha value is -7.04. The van der Waals surface area contributed by atoms with Crippen molar-refractivity contribution in [3.05, 3.63) is 193 Å². The van der Waals surface area contributed by atoms with Crippen LogP contribution in [0.15, 0.2) is 176 Å². The van der Waals surface area contributed by atoms with Gasteiger partial charge in [-0.05, 0) is 122 Å². The summed E-state index contributed by atoms with van der Waals surface area (Å²) in [4.78, 5) is 10.5. The smallest absolute Gasteiger partial charge is 0.149 e. The molecule has 1 N–H and O–H groups in total. The Morgan fingerprint density at radius 2 is 1.11 bits per heavy atom. The van der Waals surface area contributed by atoms with Crippen molar-refractivity contribution in [3.8, 4) is 78.6 Å². The summed E-state index contributed by atoms with van der Waals surface area (Å²) in [5.41, 5.74) is 16.6. The van der Waals surface area contributed by atoms with Crippen molar-refractivity contribution in [2.45, 2.75) is 59.3 Å². The van der Waals surface area contributed by atoms with E-state index in [9.17, 15) is 5.11 Å². The predicted molar refractivity (Wildman–Crippen MR) is 255 cm³/mol. The van der Waals surface area contributed by atoms with Gasteiger partial charge in [-0.2, -0.15) is 0 Å². The third kappa shape index (κ3) is 7.66. The first-order valence-electron chi connectivity index (χ1n) is 21.8. The summed E-state index contributed by atoms with van der Waals surface area (Å²) in [6, 6.07) is 59.2. The highest BCUT2D eigenvalue weighted by molar-refractivity contribution is 5.98. The number of phenols is 1. The van der Waals surface area contributed by atoms with E-state index in [1.807, 2.05) is 38.2 Å². The minimum absolute atomic E-state index is 0.0902. The van der Waals surface area contributed by atoms with Crippen LogP contribution in [0.2, 0.25) is 0 Å². The average Bonchev–Trinajstić information content (AvgIpc) is 3.68. The van der Waals surface area contributed by atoms with Crippen LogP contribution in [0, 0.1) is 0 Å². The summed E-state index contributed by atoms with van der Waals surface area (Å²) in [6.45, 7) is 12.5. The fraction of sp³-hybridized carbons (Fsp3) is 0.158. The summed E-state index contributed by atoms with van der Waals surface area (Å²) in [6.07, 6.45) is 1.89. The highest BCUT2D eigenvalue weighted by Gasteiger charge is 2.25. The van der Waals surface area contributed by atoms with Crippen LogP contribution in [0.3, 0.4) is 0 Å². The monoisotopic (exact) mass is 794 g/mol. The van der Waals surface area contributed by atoms with Gasteiger partial charge in [-0.3, -0.25) is 9.55 Å². The molecular formula is C57H51N3O. The molecule has 0 saturated heterocycles. The fourth-order valence-electron chi connectivity index (χ4n) is 8.40. The molecule has 4 heteroatoms. The van der Waals surface area contributed by atoms with Gasteiger partial charge in [0.25, 0.3) is 0 Å². The average molecular weight is 795 g/mol. The van der Waals surface area contributed by atoms with Crippen LogP contribution in [0.5, 0.6) is 5.75 Å². The van der Waals surface area contributed by atoms with Crippen LogP contribution in [-0.4, -0.2) is 19.6 Å². The fourth-order valence-corrected chi connectivity index (χ4v) is 8.40. The molecule has 2 aromatic heterocycles. The molecular weight excluding hydrogens is 743 g/mol. The van der Waals surface area contributed by atoms with E-state index < -0.39 is 5.89 Å². The lowest BCUT2D eigenvalue weighted by Crippen LogP contribution is -2.04. The molecule has 4 nitrogen and oxygen atoms in total. The molecule has 7 aromatic carbocycles. The number of hydrogen-bond donors (Lipinski definition) is 1. The van der Waals surface area contributed by atoms with Gasteiger partial charge in [0, 0.05) is 24.3 Å². The number of phenolic OH excluding ortho intramolecular Hbond substituents is 1. The number of fused-ring (bicyclic) bond motifs is 1. The van der Waals surface area contributed by atoms with Crippen molar-refractivity contribution >= 4 is 11.0 Å². The lowest BCUT2D eigenvalue weighted by Gasteiger charge is -2.20. The lowest BCUT2D eigenvalue weighted by atomic mass is 9.91. The number of benzene rings is 7. The van der Waals surface area contributed by atoms with Gasteiger partial charge in [0.15, 0.2) is 0 Å². The van der Waals surface area contributed by atoms with Gasteiger partial charge in [-0.15, -0.1) is 0 Å². The highest BCUT2D eigenvalue weighted by Crippen LogP contribution is 2.44. The topological polar surface area (TPSA) is 50.9 Å². The van der Waals surface area contributed by atoms with Crippen molar-refractivity contribution in [2.75, 3.05) is 0 Å². The number of imidazole rings is 1. The lowest BCUT2D eigenvalue weighted by molar-refractivity contribution is 0.466. The standard InChI is InChI=1S/C57H51N3O/c1-36(2)42-25-26-53(50(32-42)41-21-14-9-15-22-41)60-54-24-16-23-48(55(54)59-57(60)51-34-44(37(3)4)33-49(38(5)6)56(51)61)46-29-45(40-19-12-8-13-20-40)30-47(31-46)52-35-43(27-28-58-52)39-17-10-7-11-18-39/h7-38,61H,1-6H3/i36D. The maximum atomic E-state index is 12.3. The summed E-state index contributed by atoms with van der Waals surface area (Å²) < 4.78 is 11.2. The first-order chi connectivity index (χ1) is 29.9. The Morgan fingerprint density at radius 1 is 0.492 bits per heavy atom. The molecule has 0 bridgehead atoms. The number of aromatic nitrogens is 3. The SMILES string of the molecule is [2H]C(C)(C)c1ccc(-n2c(-c3cc(C(C)C)cc(C(C)C)c3O)nc3c(-c4cc(-c5ccccc5)cc(-c5cc(-c6ccccc6)ccn5)c4)cccc32)c(-c2ccccc2)c1. The Morgan fingerprint density at radius 3 is 1.77 bits per heavy atom. The Kier molecular flexibility index (Phi) is 10.4. The van der Waals surface area contributed by atoms with E-state index in [1.165, 1.54) is 0 Å². The zero-order valence-corrected chi connectivity index (χ0v) is 35.7. The molecule has 0 aliphatic carbocycles. The number of para-hydroxylation sites is 1. The number of rotatable bonds is 10. The summed E-state index contributed by atoms with van der Waals surface area (Å²) in [5.74, 6) is 0.396. The van der Waals surface area contributed by atoms with E-state index in [1.54, 1.807) is 0 Å². The number of aromatic hydroxyl groups is 1. The van der Waals surface area contributed by atoms with Crippen molar-refractivity contribution in [3.63, 3.8) is 0 Å². The van der Waals surface area contributed by atoms with Gasteiger partial charge in [-0.25, -0.2) is 4.98 Å². The molecule has 9 aromatic rings. The van der Waals surface area contributed by atoms with Crippen LogP contribution < -0.4 is 0 Å². The predicted octanol–water partition coefficient (Wildman–Crippen LogP) is 15.5. The second kappa shape index (κ2) is 16.5. The van der Waals surface area contributed by atoms with Gasteiger partial charge in [-0.1, -0.05) is 157 Å². The highest BCUT2D eigenvalue weighted by atomic mass is 16.3. The van der Waals surface area contributed by atoms with Crippen LogP contribution in [0.25, 0.3) is 83.9 Å². The van der Waals surface area contributed by atoms with Crippen LogP contribution in [-0.2, 0) is 0 Å². The van der Waals surface area contributed by atoms with Crippen molar-refractivity contribution in [1.82, 2.24) is 14.5 Å². The zero-order chi connectivity index (χ0) is 43.1. The number of pyridine rings is 1. The summed E-state index contributed by atoms with van der Waals surface area (Å²) in [5, 5.41) is 12.3. The largest absolute Gasteiger partial charge is 0.507 e. The van der Waals surface area contributed by atoms with E-state index in [4.69, 9.17) is 11.3 Å². The van der Waals surface area contributed by atoms with E-state index in [0.29, 0.717) is 11.4 Å². The van der Waals surface area contributed by atoms with Gasteiger partial charge in [0.2, 0.25) is 0 Å². The minimum Gasteiger partial charge on any atom is -0.507 e. The van der Waals surface area contributed by atoms with Crippen molar-refractivity contribution in [2.24, 2.45) is 0 Å². The zero-order valence-electron chi connectivity index (χ0n) is 36.7. The van der Waals surface area contributed by atoms with Crippen molar-refractivity contribution in [1.29, 1.82) is 0 Å². The molecule has 0 aliphatic rings. The third-order valence-corrected chi connectivity index (χ3v) is 11.8. The number of hydrogen-bond acceptors (Lipinski definition) is 3. The molecule has 0 radical (unpaired) electrons. The molecule has 0 unspecified atom stereocenters. The van der Waals surface area contributed by atoms with E-state index >= 15 is 0 Å². The number of nitrogens with zero attached hydrogens (tertiary/aromatic N) is 3. The Balaban J connectivity index is 1.35. The first-order valence-corrected chi connectivity index (χ1v) is 21.3. The van der Waals surface area contributed by atoms with Crippen LogP contribution in [0.4, 0.5) is 0 Å². The maximum absolute atomic E-state index is 12.3. The first kappa shape index (κ1) is 38.2. The van der Waals surface area contributed by atoms with Crippen molar-refractivity contribution < 1.29 is 6.48 Å². The summed E-state index contributed by atoms with van der Waals surface area (Å²) in [7, 11) is 0. The van der Waals surface area contributed by atoms with Gasteiger partial charge >= 0.3 is 0 Å². The molecule has 0 amide bonds. The molecule has 0 fully saturated rings. The molecule has 0 aliphatic heterocycles.